The van der Waals surface area contributed by atoms with Gasteiger partial charge in [0.15, 0.2) is 0 Å². The molecule has 4 rings (SSSR count). The highest BCUT2D eigenvalue weighted by Crippen LogP contribution is 2.39. The van der Waals surface area contributed by atoms with E-state index in [1.54, 1.807) is 30.6 Å². The van der Waals surface area contributed by atoms with E-state index in [0.29, 0.717) is 21.7 Å². The van der Waals surface area contributed by atoms with Crippen LogP contribution in [0.4, 0.5) is 10.1 Å². The summed E-state index contributed by atoms with van der Waals surface area (Å²) in [6.07, 6.45) is 4.51. The molecule has 1 aliphatic heterocycles. The summed E-state index contributed by atoms with van der Waals surface area (Å²) in [6.45, 7) is 0.169. The quantitative estimate of drug-likeness (QED) is 0.729. The van der Waals surface area contributed by atoms with Crippen molar-refractivity contribution in [1.29, 1.82) is 0 Å². The second kappa shape index (κ2) is 7.16. The molecule has 2 N–H and O–H groups in total. The van der Waals surface area contributed by atoms with Gasteiger partial charge in [0.25, 0.3) is 11.8 Å². The molecular formula is C19H13FN4O2S. The Morgan fingerprint density at radius 1 is 1.15 bits per heavy atom. The first-order valence-electron chi connectivity index (χ1n) is 8.05. The minimum atomic E-state index is -0.656. The molecule has 3 aromatic rings. The fourth-order valence-electron chi connectivity index (χ4n) is 2.66. The van der Waals surface area contributed by atoms with Crippen LogP contribution in [-0.4, -0.2) is 21.8 Å². The van der Waals surface area contributed by atoms with Crippen LogP contribution in [0.2, 0.25) is 0 Å². The van der Waals surface area contributed by atoms with Crippen molar-refractivity contribution in [3.8, 4) is 0 Å². The Balaban J connectivity index is 1.61. The van der Waals surface area contributed by atoms with Crippen LogP contribution < -0.4 is 10.6 Å². The van der Waals surface area contributed by atoms with Gasteiger partial charge in [-0.1, -0.05) is 23.9 Å². The number of hydrogen-bond donors (Lipinski definition) is 2. The number of nitrogens with zero attached hydrogens (tertiary/aromatic N) is 2. The van der Waals surface area contributed by atoms with Crippen molar-refractivity contribution < 1.29 is 14.0 Å². The zero-order valence-corrected chi connectivity index (χ0v) is 14.7. The molecule has 2 amide bonds. The van der Waals surface area contributed by atoms with Crippen molar-refractivity contribution in [2.45, 2.75) is 16.3 Å². The van der Waals surface area contributed by atoms with Gasteiger partial charge in [0, 0.05) is 34.3 Å². The first kappa shape index (κ1) is 17.2. The van der Waals surface area contributed by atoms with Crippen LogP contribution >= 0.6 is 11.8 Å². The van der Waals surface area contributed by atoms with Gasteiger partial charge in [-0.25, -0.2) is 14.4 Å². The standard InChI is InChI=1S/C19H13FN4O2S/c20-14-6-17-15(24-19(26)12-3-1-2-4-16(12)27-17)5-13(14)18(25)23-9-11-7-21-10-22-8-11/h1-8,10H,9H2,(H,23,25)(H,24,26). The average Bonchev–Trinajstić information content (AvgIpc) is 2.82. The Morgan fingerprint density at radius 3 is 2.74 bits per heavy atom. The zero-order valence-electron chi connectivity index (χ0n) is 13.9. The summed E-state index contributed by atoms with van der Waals surface area (Å²) >= 11 is 1.28. The van der Waals surface area contributed by atoms with Gasteiger partial charge in [-0.2, -0.15) is 0 Å². The normalized spacial score (nSPS) is 12.4. The largest absolute Gasteiger partial charge is 0.348 e. The number of aromatic nitrogens is 2. The van der Waals surface area contributed by atoms with E-state index >= 15 is 0 Å². The van der Waals surface area contributed by atoms with Gasteiger partial charge >= 0.3 is 0 Å². The fourth-order valence-corrected chi connectivity index (χ4v) is 3.70. The molecule has 1 aromatic heterocycles. The predicted molar refractivity (Wildman–Crippen MR) is 98.1 cm³/mol. The number of anilines is 1. The maximum atomic E-state index is 14.5. The maximum absolute atomic E-state index is 14.5. The van der Waals surface area contributed by atoms with E-state index in [1.165, 1.54) is 30.2 Å². The van der Waals surface area contributed by atoms with Gasteiger partial charge in [-0.3, -0.25) is 9.59 Å². The van der Waals surface area contributed by atoms with Gasteiger partial charge in [-0.15, -0.1) is 0 Å². The second-order valence-corrected chi connectivity index (χ2v) is 6.89. The average molecular weight is 380 g/mol. The van der Waals surface area contributed by atoms with E-state index in [4.69, 9.17) is 0 Å². The SMILES string of the molecule is O=C(NCc1cncnc1)c1cc2c(cc1F)Sc1ccccc1C(=O)N2. The molecule has 0 fully saturated rings. The van der Waals surface area contributed by atoms with E-state index in [-0.39, 0.29) is 18.0 Å². The van der Waals surface area contributed by atoms with Crippen LogP contribution in [0.15, 0.2) is 64.9 Å². The molecule has 6 nitrogen and oxygen atoms in total. The maximum Gasteiger partial charge on any atom is 0.256 e. The number of carbonyl (C=O) groups excluding carboxylic acids is 2. The van der Waals surface area contributed by atoms with Crippen LogP contribution in [0.1, 0.15) is 26.3 Å². The summed E-state index contributed by atoms with van der Waals surface area (Å²) < 4.78 is 14.5. The highest BCUT2D eigenvalue weighted by atomic mass is 32.2. The van der Waals surface area contributed by atoms with Crippen molar-refractivity contribution in [2.24, 2.45) is 0 Å². The van der Waals surface area contributed by atoms with E-state index in [0.717, 1.165) is 4.90 Å². The molecule has 0 saturated carbocycles. The lowest BCUT2D eigenvalue weighted by atomic mass is 10.1. The van der Waals surface area contributed by atoms with Crippen molar-refractivity contribution in [3.05, 3.63) is 77.6 Å². The molecule has 0 bridgehead atoms. The lowest BCUT2D eigenvalue weighted by Gasteiger charge is -2.11. The summed E-state index contributed by atoms with van der Waals surface area (Å²) in [5, 5.41) is 5.38. The molecule has 0 spiro atoms. The van der Waals surface area contributed by atoms with E-state index < -0.39 is 11.7 Å². The first-order chi connectivity index (χ1) is 13.1. The molecule has 8 heteroatoms. The molecule has 134 valence electrons. The fraction of sp³-hybridized carbons (Fsp3) is 0.0526. The Hall–Kier alpha value is -3.26. The van der Waals surface area contributed by atoms with Gasteiger partial charge < -0.3 is 10.6 Å². The number of rotatable bonds is 3. The van der Waals surface area contributed by atoms with Crippen LogP contribution in [0, 0.1) is 5.82 Å². The summed E-state index contributed by atoms with van der Waals surface area (Å²) in [4.78, 5) is 33.8. The number of amides is 2. The third-order valence-corrected chi connectivity index (χ3v) is 5.11. The number of halogens is 1. The van der Waals surface area contributed by atoms with E-state index in [9.17, 15) is 14.0 Å². The van der Waals surface area contributed by atoms with Crippen molar-refractivity contribution in [1.82, 2.24) is 15.3 Å². The number of carbonyl (C=O) groups is 2. The highest BCUT2D eigenvalue weighted by molar-refractivity contribution is 7.99. The molecule has 1 aliphatic rings. The number of fused-ring (bicyclic) bond motifs is 2. The van der Waals surface area contributed by atoms with E-state index in [1.807, 2.05) is 6.07 Å². The lowest BCUT2D eigenvalue weighted by molar-refractivity contribution is 0.0945. The minimum Gasteiger partial charge on any atom is -0.348 e. The topological polar surface area (TPSA) is 84.0 Å². The summed E-state index contributed by atoms with van der Waals surface area (Å²) in [6, 6.07) is 9.71. The van der Waals surface area contributed by atoms with Crippen molar-refractivity contribution in [2.75, 3.05) is 5.32 Å². The summed E-state index contributed by atoms with van der Waals surface area (Å²) in [5.74, 6) is -1.53. The summed E-state index contributed by atoms with van der Waals surface area (Å²) in [7, 11) is 0. The molecule has 0 unspecified atom stereocenters. The van der Waals surface area contributed by atoms with E-state index in [2.05, 4.69) is 20.6 Å². The van der Waals surface area contributed by atoms with Gasteiger partial charge in [0.1, 0.15) is 12.1 Å². The Morgan fingerprint density at radius 2 is 1.93 bits per heavy atom. The monoisotopic (exact) mass is 380 g/mol. The van der Waals surface area contributed by atoms with Crippen molar-refractivity contribution in [3.63, 3.8) is 0 Å². The predicted octanol–water partition coefficient (Wildman–Crippen LogP) is 3.26. The Bertz CT molecular complexity index is 1040. The number of nitrogens with one attached hydrogen (secondary N) is 2. The second-order valence-electron chi connectivity index (χ2n) is 5.81. The van der Waals surface area contributed by atoms with Gasteiger partial charge in [0.05, 0.1) is 16.8 Å². The molecular weight excluding hydrogens is 367 g/mol. The minimum absolute atomic E-state index is 0.141. The number of hydrogen-bond acceptors (Lipinski definition) is 5. The first-order valence-corrected chi connectivity index (χ1v) is 8.87. The molecule has 2 aromatic carbocycles. The Labute approximate surface area is 158 Å². The van der Waals surface area contributed by atoms with Gasteiger partial charge in [0.2, 0.25) is 0 Å². The molecule has 27 heavy (non-hydrogen) atoms. The van der Waals surface area contributed by atoms with Crippen LogP contribution in [0.5, 0.6) is 0 Å². The summed E-state index contributed by atoms with van der Waals surface area (Å²) in [5.41, 5.74) is 1.46. The van der Waals surface area contributed by atoms with Crippen LogP contribution in [0.3, 0.4) is 0 Å². The Kier molecular flexibility index (Phi) is 4.55. The smallest absolute Gasteiger partial charge is 0.256 e. The van der Waals surface area contributed by atoms with Crippen LogP contribution in [0.25, 0.3) is 0 Å². The van der Waals surface area contributed by atoms with Crippen molar-refractivity contribution >= 4 is 29.3 Å². The number of benzene rings is 2. The molecule has 2 heterocycles. The molecule has 0 atom stereocenters. The highest BCUT2D eigenvalue weighted by Gasteiger charge is 2.23. The third kappa shape index (κ3) is 3.52. The van der Waals surface area contributed by atoms with Crippen LogP contribution in [-0.2, 0) is 6.54 Å². The molecule has 0 saturated heterocycles. The molecule has 0 radical (unpaired) electrons. The zero-order chi connectivity index (χ0) is 18.8. The lowest BCUT2D eigenvalue weighted by Crippen LogP contribution is -2.24. The molecule has 0 aliphatic carbocycles. The van der Waals surface area contributed by atoms with Gasteiger partial charge in [-0.05, 0) is 24.3 Å². The third-order valence-electron chi connectivity index (χ3n) is 3.98.